The highest BCUT2D eigenvalue weighted by Crippen LogP contribution is 2.17. The van der Waals surface area contributed by atoms with Gasteiger partial charge in [0.1, 0.15) is 0 Å². The van der Waals surface area contributed by atoms with Gasteiger partial charge >= 0.3 is 0 Å². The molecule has 0 aliphatic heterocycles. The average Bonchev–Trinajstić information content (AvgIpc) is 2.03. The van der Waals surface area contributed by atoms with E-state index < -0.39 is 0 Å². The van der Waals surface area contributed by atoms with Gasteiger partial charge in [-0.15, -0.1) is 11.0 Å². The van der Waals surface area contributed by atoms with Gasteiger partial charge in [0, 0.05) is 6.04 Å². The summed E-state index contributed by atoms with van der Waals surface area (Å²) in [6.45, 7) is 0. The van der Waals surface area contributed by atoms with Crippen LogP contribution in [0, 0.1) is 0 Å². The molecule has 1 rings (SSSR count). The molecule has 1 fully saturated rings. The molecule has 0 aromatic rings. The van der Waals surface area contributed by atoms with Crippen LogP contribution in [0.3, 0.4) is 0 Å². The summed E-state index contributed by atoms with van der Waals surface area (Å²) in [7, 11) is 1.59. The molecule has 0 aromatic carbocycles. The molecule has 0 unspecified atom stereocenters. The van der Waals surface area contributed by atoms with Crippen LogP contribution < -0.4 is 11.0 Å². The van der Waals surface area contributed by atoms with E-state index in [9.17, 15) is 0 Å². The van der Waals surface area contributed by atoms with Gasteiger partial charge in [0.2, 0.25) is 0 Å². The van der Waals surface area contributed by atoms with E-state index in [2.05, 4.69) is 15.9 Å². The largest absolute Gasteiger partial charge is 0.289 e. The van der Waals surface area contributed by atoms with Crippen molar-refractivity contribution in [3.8, 4) is 0 Å². The van der Waals surface area contributed by atoms with Crippen LogP contribution >= 0.6 is 0 Å². The van der Waals surface area contributed by atoms with Crippen LogP contribution in [-0.4, -0.2) is 13.2 Å². The zero-order valence-electron chi connectivity index (χ0n) is 6.47. The first-order valence-corrected chi connectivity index (χ1v) is 3.91. The van der Waals surface area contributed by atoms with E-state index in [1.54, 1.807) is 7.11 Å². The van der Waals surface area contributed by atoms with Crippen molar-refractivity contribution in [2.45, 2.75) is 38.1 Å². The first-order valence-electron chi connectivity index (χ1n) is 3.91. The Bertz CT molecular complexity index is 81.7. The third-order valence-corrected chi connectivity index (χ3v) is 1.90. The van der Waals surface area contributed by atoms with Crippen LogP contribution in [0.5, 0.6) is 0 Å². The topological polar surface area (TPSA) is 35.4 Å². The monoisotopic (exact) mass is 143 g/mol. The molecule has 59 valence electrons. The highest BCUT2D eigenvalue weighted by Gasteiger charge is 2.12. The van der Waals surface area contributed by atoms with Crippen molar-refractivity contribution in [1.29, 1.82) is 0 Å². The van der Waals surface area contributed by atoms with Gasteiger partial charge in [-0.1, -0.05) is 19.3 Å². The van der Waals surface area contributed by atoms with Gasteiger partial charge in [-0.2, -0.15) is 0 Å². The molecule has 0 aromatic heterocycles. The molecular weight excluding hydrogens is 128 g/mol. The number of nitrogens with zero attached hydrogens (tertiary/aromatic N) is 1. The standard InChI is InChI=1S/C7H15N2O/c1-10-9-8-7-5-3-2-4-6-7/h7,9H,2-6H2,1H3. The molecule has 3 heteroatoms. The quantitative estimate of drug-likeness (QED) is 0.598. The summed E-state index contributed by atoms with van der Waals surface area (Å²) in [4.78, 5) is 4.63. The van der Waals surface area contributed by atoms with Crippen LogP contribution in [-0.2, 0) is 4.84 Å². The van der Waals surface area contributed by atoms with E-state index in [1.807, 2.05) is 0 Å². The van der Waals surface area contributed by atoms with Crippen LogP contribution in [0.25, 0.3) is 0 Å². The summed E-state index contributed by atoms with van der Waals surface area (Å²) in [5.74, 6) is 0. The van der Waals surface area contributed by atoms with Crippen LogP contribution in [0.1, 0.15) is 32.1 Å². The van der Waals surface area contributed by atoms with Crippen molar-refractivity contribution in [3.05, 3.63) is 0 Å². The SMILES string of the molecule is CON[N]C1CCCCC1. The fraction of sp³-hybridized carbons (Fsp3) is 1.00. The molecule has 1 aliphatic rings. The first-order chi connectivity index (χ1) is 4.93. The molecule has 0 bridgehead atoms. The van der Waals surface area contributed by atoms with Gasteiger partial charge in [0.25, 0.3) is 0 Å². The Labute approximate surface area is 62.1 Å². The molecule has 0 spiro atoms. The van der Waals surface area contributed by atoms with Crippen molar-refractivity contribution in [2.75, 3.05) is 7.11 Å². The zero-order chi connectivity index (χ0) is 7.23. The zero-order valence-corrected chi connectivity index (χ0v) is 6.47. The lowest BCUT2D eigenvalue weighted by Crippen LogP contribution is -2.34. The van der Waals surface area contributed by atoms with E-state index in [4.69, 9.17) is 0 Å². The van der Waals surface area contributed by atoms with Crippen molar-refractivity contribution < 1.29 is 4.84 Å². The lowest BCUT2D eigenvalue weighted by Gasteiger charge is -2.20. The molecule has 3 nitrogen and oxygen atoms in total. The van der Waals surface area contributed by atoms with Gasteiger partial charge < -0.3 is 0 Å². The summed E-state index contributed by atoms with van der Waals surface area (Å²) in [5, 5.41) is 0. The highest BCUT2D eigenvalue weighted by molar-refractivity contribution is 4.68. The van der Waals surface area contributed by atoms with Gasteiger partial charge in [-0.25, -0.2) is 0 Å². The maximum absolute atomic E-state index is 4.63. The predicted molar refractivity (Wildman–Crippen MR) is 39.2 cm³/mol. The van der Waals surface area contributed by atoms with Crippen molar-refractivity contribution in [3.63, 3.8) is 0 Å². The maximum Gasteiger partial charge on any atom is 0.0589 e. The fourth-order valence-corrected chi connectivity index (χ4v) is 1.34. The van der Waals surface area contributed by atoms with Crippen molar-refractivity contribution in [2.24, 2.45) is 0 Å². The van der Waals surface area contributed by atoms with Gasteiger partial charge in [-0.05, 0) is 12.8 Å². The Morgan fingerprint density at radius 3 is 2.60 bits per heavy atom. The van der Waals surface area contributed by atoms with Crippen LogP contribution in [0.2, 0.25) is 0 Å². The normalized spacial score (nSPS) is 21.3. The lowest BCUT2D eigenvalue weighted by molar-refractivity contribution is 0.0351. The molecule has 1 radical (unpaired) electrons. The molecule has 10 heavy (non-hydrogen) atoms. The minimum atomic E-state index is 0.494. The molecule has 1 saturated carbocycles. The van der Waals surface area contributed by atoms with E-state index in [1.165, 1.54) is 32.1 Å². The highest BCUT2D eigenvalue weighted by atomic mass is 16.7. The number of nitrogens with one attached hydrogen (secondary N) is 1. The minimum absolute atomic E-state index is 0.494. The third kappa shape index (κ3) is 2.64. The second-order valence-corrected chi connectivity index (χ2v) is 2.72. The Morgan fingerprint density at radius 1 is 1.30 bits per heavy atom. The number of hydrogen-bond donors (Lipinski definition) is 1. The summed E-state index contributed by atoms with van der Waals surface area (Å²) >= 11 is 0. The summed E-state index contributed by atoms with van der Waals surface area (Å²) in [6.07, 6.45) is 6.45. The molecule has 0 atom stereocenters. The minimum Gasteiger partial charge on any atom is -0.289 e. The third-order valence-electron chi connectivity index (χ3n) is 1.90. The first kappa shape index (κ1) is 7.98. The molecular formula is C7H15N2O. The summed E-state index contributed by atoms with van der Waals surface area (Å²) < 4.78 is 0. The summed E-state index contributed by atoms with van der Waals surface area (Å²) in [6, 6.07) is 0.494. The van der Waals surface area contributed by atoms with Gasteiger partial charge in [-0.3, -0.25) is 4.84 Å². The van der Waals surface area contributed by atoms with E-state index in [0.717, 1.165) is 0 Å². The molecule has 0 heterocycles. The predicted octanol–water partition coefficient (Wildman–Crippen LogP) is 0.989. The second kappa shape index (κ2) is 4.66. The van der Waals surface area contributed by atoms with E-state index >= 15 is 0 Å². The lowest BCUT2D eigenvalue weighted by atomic mass is 9.96. The van der Waals surface area contributed by atoms with E-state index in [-0.39, 0.29) is 0 Å². The molecule has 0 saturated heterocycles. The van der Waals surface area contributed by atoms with Gasteiger partial charge in [0.05, 0.1) is 7.11 Å². The summed E-state index contributed by atoms with van der Waals surface area (Å²) in [5.41, 5.74) is 6.67. The Kier molecular flexibility index (Phi) is 3.72. The smallest absolute Gasteiger partial charge is 0.0589 e. The van der Waals surface area contributed by atoms with Crippen molar-refractivity contribution >= 4 is 0 Å². The molecule has 1 N–H and O–H groups in total. The van der Waals surface area contributed by atoms with Crippen molar-refractivity contribution in [1.82, 2.24) is 11.0 Å². The number of hydrogen-bond acceptors (Lipinski definition) is 2. The average molecular weight is 143 g/mol. The Morgan fingerprint density at radius 2 is 2.00 bits per heavy atom. The molecule has 0 amide bonds. The number of rotatable bonds is 3. The Hall–Kier alpha value is -0.120. The van der Waals surface area contributed by atoms with Crippen LogP contribution in [0.4, 0.5) is 0 Å². The van der Waals surface area contributed by atoms with Crippen LogP contribution in [0.15, 0.2) is 0 Å². The fourth-order valence-electron chi connectivity index (χ4n) is 1.34. The maximum atomic E-state index is 4.63. The Balaban J connectivity index is 2.02. The van der Waals surface area contributed by atoms with E-state index in [0.29, 0.717) is 6.04 Å². The molecule has 1 aliphatic carbocycles. The van der Waals surface area contributed by atoms with Gasteiger partial charge in [0.15, 0.2) is 0 Å². The second-order valence-electron chi connectivity index (χ2n) is 2.72.